The number of ether oxygens (including phenoxy) is 3. The molecule has 0 aliphatic carbocycles. The van der Waals surface area contributed by atoms with Gasteiger partial charge in [-0.25, -0.2) is 14.4 Å². The van der Waals surface area contributed by atoms with Gasteiger partial charge >= 0.3 is 18.0 Å². The fourth-order valence-corrected chi connectivity index (χ4v) is 2.91. The van der Waals surface area contributed by atoms with Crippen LogP contribution in [0.3, 0.4) is 0 Å². The fourth-order valence-electron chi connectivity index (χ4n) is 2.91. The smallest absolute Gasteiger partial charge is 0.408 e. The van der Waals surface area contributed by atoms with Crippen LogP contribution in [0.2, 0.25) is 0 Å². The normalized spacial score (nSPS) is 11.7. The molecule has 2 N–H and O–H groups in total. The Morgan fingerprint density at radius 2 is 1.42 bits per heavy atom. The quantitative estimate of drug-likeness (QED) is 0.484. The highest BCUT2D eigenvalue weighted by Gasteiger charge is 2.25. The minimum absolute atomic E-state index is 0.0513. The molecular weight excluding hydrogens is 428 g/mol. The first kappa shape index (κ1) is 25.4. The van der Waals surface area contributed by atoms with E-state index >= 15 is 0 Å². The maximum Gasteiger partial charge on any atom is 0.408 e. The Hall–Kier alpha value is -3.88. The lowest BCUT2D eigenvalue weighted by Gasteiger charge is -2.23. The van der Waals surface area contributed by atoms with Crippen molar-refractivity contribution in [3.8, 4) is 0 Å². The van der Waals surface area contributed by atoms with E-state index in [1.807, 2.05) is 30.3 Å². The second kappa shape index (κ2) is 11.1. The van der Waals surface area contributed by atoms with E-state index in [0.717, 1.165) is 5.56 Å². The van der Waals surface area contributed by atoms with E-state index in [4.69, 9.17) is 14.2 Å². The maximum atomic E-state index is 13.1. The topological polar surface area (TPSA) is 120 Å². The number of anilines is 1. The van der Waals surface area contributed by atoms with Crippen molar-refractivity contribution in [2.45, 2.75) is 38.8 Å². The molecule has 1 atom stereocenters. The number of carbonyl (C=O) groups excluding carboxylic acids is 4. The lowest BCUT2D eigenvalue weighted by Crippen LogP contribution is -2.47. The third-order valence-corrected chi connectivity index (χ3v) is 4.33. The molecule has 0 radical (unpaired) electrons. The Bertz CT molecular complexity index is 979. The van der Waals surface area contributed by atoms with E-state index in [0.29, 0.717) is 0 Å². The number of esters is 2. The highest BCUT2D eigenvalue weighted by molar-refractivity contribution is 6.01. The van der Waals surface area contributed by atoms with E-state index in [2.05, 4.69) is 10.6 Å². The molecular formula is C24H28N2O7. The van der Waals surface area contributed by atoms with Gasteiger partial charge in [0.2, 0.25) is 5.91 Å². The van der Waals surface area contributed by atoms with Crippen LogP contribution in [0.5, 0.6) is 0 Å². The number of methoxy groups -OCH3 is 2. The van der Waals surface area contributed by atoms with E-state index in [1.165, 1.54) is 32.4 Å². The van der Waals surface area contributed by atoms with Crippen molar-refractivity contribution in [3.05, 3.63) is 65.2 Å². The van der Waals surface area contributed by atoms with Gasteiger partial charge in [0.1, 0.15) is 11.6 Å². The van der Waals surface area contributed by atoms with Gasteiger partial charge in [-0.15, -0.1) is 0 Å². The van der Waals surface area contributed by atoms with Gasteiger partial charge in [0.25, 0.3) is 0 Å². The fraction of sp³-hybridized carbons (Fsp3) is 0.333. The highest BCUT2D eigenvalue weighted by Crippen LogP contribution is 2.18. The molecule has 0 unspecified atom stereocenters. The molecule has 0 saturated carbocycles. The zero-order chi connectivity index (χ0) is 24.6. The number of nitrogens with one attached hydrogen (secondary N) is 2. The monoisotopic (exact) mass is 456 g/mol. The number of alkyl carbamates (subject to hydrolysis) is 1. The van der Waals surface area contributed by atoms with Gasteiger partial charge < -0.3 is 24.8 Å². The van der Waals surface area contributed by atoms with Crippen LogP contribution in [-0.2, 0) is 25.4 Å². The predicted octanol–water partition coefficient (Wildman–Crippen LogP) is 3.33. The van der Waals surface area contributed by atoms with Crippen LogP contribution in [0.1, 0.15) is 47.1 Å². The summed E-state index contributed by atoms with van der Waals surface area (Å²) in [5, 5.41) is 5.23. The summed E-state index contributed by atoms with van der Waals surface area (Å²) in [4.78, 5) is 49.5. The molecule has 0 fully saturated rings. The van der Waals surface area contributed by atoms with Crippen molar-refractivity contribution in [2.24, 2.45) is 0 Å². The Labute approximate surface area is 192 Å². The average Bonchev–Trinajstić information content (AvgIpc) is 2.76. The molecule has 0 aliphatic heterocycles. The van der Waals surface area contributed by atoms with Gasteiger partial charge in [-0.3, -0.25) is 4.79 Å². The summed E-state index contributed by atoms with van der Waals surface area (Å²) >= 11 is 0. The number of amides is 2. The highest BCUT2D eigenvalue weighted by atomic mass is 16.6. The van der Waals surface area contributed by atoms with Crippen LogP contribution in [0.4, 0.5) is 10.5 Å². The van der Waals surface area contributed by atoms with Gasteiger partial charge in [0, 0.05) is 12.1 Å². The summed E-state index contributed by atoms with van der Waals surface area (Å²) in [5.41, 5.74) is 0.327. The Morgan fingerprint density at radius 1 is 0.879 bits per heavy atom. The minimum Gasteiger partial charge on any atom is -0.465 e. The van der Waals surface area contributed by atoms with E-state index < -0.39 is 35.6 Å². The lowest BCUT2D eigenvalue weighted by atomic mass is 10.0. The molecule has 2 amide bonds. The first-order valence-corrected chi connectivity index (χ1v) is 10.2. The van der Waals surface area contributed by atoms with Crippen LogP contribution >= 0.6 is 0 Å². The molecule has 176 valence electrons. The summed E-state index contributed by atoms with van der Waals surface area (Å²) in [7, 11) is 2.40. The zero-order valence-corrected chi connectivity index (χ0v) is 19.3. The molecule has 0 bridgehead atoms. The van der Waals surface area contributed by atoms with Crippen LogP contribution in [0.25, 0.3) is 0 Å². The van der Waals surface area contributed by atoms with Gasteiger partial charge in [-0.2, -0.15) is 0 Å². The minimum atomic E-state index is -0.995. The Morgan fingerprint density at radius 3 is 1.91 bits per heavy atom. The van der Waals surface area contributed by atoms with Crippen LogP contribution in [-0.4, -0.2) is 49.8 Å². The van der Waals surface area contributed by atoms with Crippen molar-refractivity contribution in [2.75, 3.05) is 19.5 Å². The van der Waals surface area contributed by atoms with Crippen molar-refractivity contribution in [3.63, 3.8) is 0 Å². The van der Waals surface area contributed by atoms with Gasteiger partial charge in [0.15, 0.2) is 0 Å². The molecule has 0 aliphatic rings. The zero-order valence-electron chi connectivity index (χ0n) is 19.3. The largest absolute Gasteiger partial charge is 0.465 e. The summed E-state index contributed by atoms with van der Waals surface area (Å²) in [6, 6.07) is 12.2. The molecule has 2 aromatic rings. The molecule has 2 aromatic carbocycles. The molecule has 0 aromatic heterocycles. The Balaban J connectivity index is 2.32. The van der Waals surface area contributed by atoms with Gasteiger partial charge in [0.05, 0.1) is 25.3 Å². The first-order valence-electron chi connectivity index (χ1n) is 10.2. The number of carbonyl (C=O) groups is 4. The molecule has 9 nitrogen and oxygen atoms in total. The summed E-state index contributed by atoms with van der Waals surface area (Å²) in [6.45, 7) is 5.14. The van der Waals surface area contributed by atoms with Crippen LogP contribution in [0.15, 0.2) is 48.5 Å². The van der Waals surface area contributed by atoms with Crippen molar-refractivity contribution in [1.82, 2.24) is 5.32 Å². The number of rotatable bonds is 7. The van der Waals surface area contributed by atoms with Crippen molar-refractivity contribution >= 4 is 29.6 Å². The maximum absolute atomic E-state index is 13.1. The first-order chi connectivity index (χ1) is 15.5. The molecule has 33 heavy (non-hydrogen) atoms. The number of hydrogen-bond donors (Lipinski definition) is 2. The number of benzene rings is 2. The second-order valence-corrected chi connectivity index (χ2v) is 8.16. The van der Waals surface area contributed by atoms with Crippen molar-refractivity contribution in [1.29, 1.82) is 0 Å². The van der Waals surface area contributed by atoms with E-state index in [9.17, 15) is 19.2 Å². The summed E-state index contributed by atoms with van der Waals surface area (Å²) < 4.78 is 14.7. The molecule has 9 heteroatoms. The van der Waals surface area contributed by atoms with Crippen LogP contribution < -0.4 is 10.6 Å². The Kier molecular flexibility index (Phi) is 8.56. The van der Waals surface area contributed by atoms with Gasteiger partial charge in [-0.05, 0) is 44.5 Å². The SMILES string of the molecule is COC(=O)c1cc(NC(=O)[C@H](Cc2ccccc2)NC(=O)OC(C)(C)C)cc(C(=O)OC)c1. The average molecular weight is 456 g/mol. The standard InChI is InChI=1S/C24H28N2O7/c1-24(2,3)33-23(30)26-19(11-15-9-7-6-8-10-15)20(27)25-18-13-16(21(28)31-4)12-17(14-18)22(29)32-5/h6-10,12-14,19H,11H2,1-5H3,(H,25,27)(H,26,30)/t19-/m0/s1. The van der Waals surface area contributed by atoms with Crippen molar-refractivity contribution < 1.29 is 33.4 Å². The van der Waals surface area contributed by atoms with E-state index in [-0.39, 0.29) is 23.2 Å². The lowest BCUT2D eigenvalue weighted by molar-refractivity contribution is -0.118. The second-order valence-electron chi connectivity index (χ2n) is 8.16. The third-order valence-electron chi connectivity index (χ3n) is 4.33. The predicted molar refractivity (Wildman–Crippen MR) is 121 cm³/mol. The van der Waals surface area contributed by atoms with Crippen LogP contribution in [0, 0.1) is 0 Å². The third kappa shape index (κ3) is 7.95. The summed E-state index contributed by atoms with van der Waals surface area (Å²) in [6.07, 6.45) is -0.566. The molecule has 0 spiro atoms. The molecule has 2 rings (SSSR count). The van der Waals surface area contributed by atoms with E-state index in [1.54, 1.807) is 20.8 Å². The summed E-state index contributed by atoms with van der Waals surface area (Å²) in [5.74, 6) is -1.95. The number of hydrogen-bond acceptors (Lipinski definition) is 7. The van der Waals surface area contributed by atoms with Gasteiger partial charge in [-0.1, -0.05) is 30.3 Å². The molecule has 0 heterocycles. The molecule has 0 saturated heterocycles.